The maximum atomic E-state index is 12.8. The fourth-order valence-electron chi connectivity index (χ4n) is 2.95. The zero-order valence-corrected chi connectivity index (χ0v) is 13.9. The van der Waals surface area contributed by atoms with Gasteiger partial charge in [-0.1, -0.05) is 35.3 Å². The van der Waals surface area contributed by atoms with Gasteiger partial charge in [0.25, 0.3) is 0 Å². The highest BCUT2D eigenvalue weighted by Crippen LogP contribution is 2.53. The van der Waals surface area contributed by atoms with Gasteiger partial charge >= 0.3 is 0 Å². The van der Waals surface area contributed by atoms with Crippen LogP contribution in [0.5, 0.6) is 0 Å². The Morgan fingerprint density at radius 2 is 1.41 bits per heavy atom. The Kier molecular flexibility index (Phi) is 4.21. The summed E-state index contributed by atoms with van der Waals surface area (Å²) in [6, 6.07) is 13.5. The van der Waals surface area contributed by atoms with Crippen LogP contribution in [0.2, 0.25) is 10.0 Å². The van der Waals surface area contributed by atoms with Crippen molar-refractivity contribution >= 4 is 33.0 Å². The molecular weight excluding hydrogens is 341 g/mol. The van der Waals surface area contributed by atoms with Gasteiger partial charge in [0, 0.05) is 16.0 Å². The first kappa shape index (κ1) is 15.8. The molecule has 0 saturated heterocycles. The molecule has 0 radical (unpaired) electrons. The summed E-state index contributed by atoms with van der Waals surface area (Å²) < 4.78 is 25.6. The van der Waals surface area contributed by atoms with Gasteiger partial charge in [0.1, 0.15) is 0 Å². The number of nitrogens with two attached hydrogens (primary N) is 1. The van der Waals surface area contributed by atoms with Crippen molar-refractivity contribution < 1.29 is 8.42 Å². The summed E-state index contributed by atoms with van der Waals surface area (Å²) in [4.78, 5) is 0.289. The highest BCUT2D eigenvalue weighted by atomic mass is 35.5. The van der Waals surface area contributed by atoms with E-state index in [-0.39, 0.29) is 16.7 Å². The zero-order chi connectivity index (χ0) is 15.9. The second-order valence-corrected chi connectivity index (χ2v) is 8.42. The van der Waals surface area contributed by atoms with Gasteiger partial charge in [0.2, 0.25) is 0 Å². The van der Waals surface area contributed by atoms with Crippen LogP contribution >= 0.6 is 23.2 Å². The second kappa shape index (κ2) is 5.85. The van der Waals surface area contributed by atoms with Gasteiger partial charge in [0.15, 0.2) is 9.84 Å². The van der Waals surface area contributed by atoms with Crippen molar-refractivity contribution in [1.82, 2.24) is 0 Å². The molecule has 116 valence electrons. The van der Waals surface area contributed by atoms with Gasteiger partial charge in [-0.15, -0.1) is 0 Å². The first-order chi connectivity index (χ1) is 10.4. The van der Waals surface area contributed by atoms with Crippen molar-refractivity contribution in [1.29, 1.82) is 0 Å². The molecule has 0 aromatic heterocycles. The lowest BCUT2D eigenvalue weighted by Gasteiger charge is -2.04. The quantitative estimate of drug-likeness (QED) is 0.912. The van der Waals surface area contributed by atoms with E-state index in [0.717, 1.165) is 5.56 Å². The molecule has 0 spiro atoms. The van der Waals surface area contributed by atoms with Gasteiger partial charge in [-0.05, 0) is 54.4 Å². The molecule has 0 heterocycles. The Morgan fingerprint density at radius 1 is 0.909 bits per heavy atom. The molecule has 6 heteroatoms. The average Bonchev–Trinajstić information content (AvgIpc) is 3.24. The van der Waals surface area contributed by atoms with Crippen LogP contribution in [-0.2, 0) is 9.84 Å². The van der Waals surface area contributed by atoms with Crippen LogP contribution in [0.1, 0.15) is 11.5 Å². The number of benzene rings is 2. The van der Waals surface area contributed by atoms with Crippen LogP contribution in [0.3, 0.4) is 0 Å². The van der Waals surface area contributed by atoms with Crippen molar-refractivity contribution in [2.75, 3.05) is 6.54 Å². The largest absolute Gasteiger partial charge is 0.330 e. The van der Waals surface area contributed by atoms with E-state index in [1.165, 1.54) is 0 Å². The third-order valence-electron chi connectivity index (χ3n) is 4.12. The minimum Gasteiger partial charge on any atom is -0.330 e. The van der Waals surface area contributed by atoms with Crippen LogP contribution in [0, 0.1) is 5.92 Å². The molecule has 0 aliphatic heterocycles. The van der Waals surface area contributed by atoms with Crippen molar-refractivity contribution in [3.05, 3.63) is 64.1 Å². The maximum Gasteiger partial charge on any atom is 0.182 e. The molecule has 1 saturated carbocycles. The third kappa shape index (κ3) is 2.76. The second-order valence-electron chi connectivity index (χ2n) is 5.44. The van der Waals surface area contributed by atoms with E-state index in [9.17, 15) is 8.42 Å². The number of hydrogen-bond acceptors (Lipinski definition) is 3. The lowest BCUT2D eigenvalue weighted by molar-refractivity contribution is 0.591. The van der Waals surface area contributed by atoms with E-state index in [1.807, 2.05) is 12.1 Å². The van der Waals surface area contributed by atoms with Gasteiger partial charge in [-0.25, -0.2) is 8.42 Å². The standard InChI is InChI=1S/C16H15Cl2NO2S/c17-11-3-1-10(2-4-11)15-14(9-19)16(15)22(20,21)13-7-5-12(18)6-8-13/h1-8,14-16H,9,19H2/t14-,15+,16-/m1/s1. The summed E-state index contributed by atoms with van der Waals surface area (Å²) in [5, 5.41) is 0.657. The predicted molar refractivity (Wildman–Crippen MR) is 89.2 cm³/mol. The smallest absolute Gasteiger partial charge is 0.182 e. The molecule has 3 atom stereocenters. The normalized spacial score (nSPS) is 24.2. The SMILES string of the molecule is NC[C@@H]1[C@H](c2ccc(Cl)cc2)[C@@H]1S(=O)(=O)c1ccc(Cl)cc1. The Morgan fingerprint density at radius 3 is 1.91 bits per heavy atom. The number of hydrogen-bond donors (Lipinski definition) is 1. The topological polar surface area (TPSA) is 60.2 Å². The highest BCUT2D eigenvalue weighted by Gasteiger charge is 2.57. The Labute approximate surface area is 140 Å². The maximum absolute atomic E-state index is 12.8. The number of rotatable bonds is 4. The van der Waals surface area contributed by atoms with Crippen LogP contribution in [0.4, 0.5) is 0 Å². The molecule has 2 aromatic rings. The molecule has 2 N–H and O–H groups in total. The minimum atomic E-state index is -3.42. The summed E-state index contributed by atoms with van der Waals surface area (Å²) in [6.07, 6.45) is 0. The summed E-state index contributed by atoms with van der Waals surface area (Å²) in [7, 11) is -3.42. The number of halogens is 2. The van der Waals surface area contributed by atoms with Gasteiger partial charge in [0.05, 0.1) is 10.1 Å². The third-order valence-corrected chi connectivity index (χ3v) is 6.92. The molecule has 3 rings (SSSR count). The van der Waals surface area contributed by atoms with E-state index < -0.39 is 15.1 Å². The Balaban J connectivity index is 1.93. The highest BCUT2D eigenvalue weighted by molar-refractivity contribution is 7.92. The fraction of sp³-hybridized carbons (Fsp3) is 0.250. The van der Waals surface area contributed by atoms with Crippen LogP contribution in [-0.4, -0.2) is 20.2 Å². The summed E-state index contributed by atoms with van der Waals surface area (Å²) in [5.74, 6) is -0.148. The van der Waals surface area contributed by atoms with Crippen LogP contribution in [0.15, 0.2) is 53.4 Å². The van der Waals surface area contributed by atoms with E-state index in [2.05, 4.69) is 0 Å². The lowest BCUT2D eigenvalue weighted by Crippen LogP contribution is -2.13. The van der Waals surface area contributed by atoms with Crippen molar-refractivity contribution in [3.8, 4) is 0 Å². The first-order valence-corrected chi connectivity index (χ1v) is 9.20. The molecular formula is C16H15Cl2NO2S. The molecule has 1 fully saturated rings. The van der Waals surface area contributed by atoms with Crippen LogP contribution < -0.4 is 5.73 Å². The minimum absolute atomic E-state index is 0.0677. The lowest BCUT2D eigenvalue weighted by atomic mass is 10.1. The molecule has 22 heavy (non-hydrogen) atoms. The summed E-state index contributed by atoms with van der Waals surface area (Å²) >= 11 is 11.7. The van der Waals surface area contributed by atoms with Gasteiger partial charge in [-0.3, -0.25) is 0 Å². The van der Waals surface area contributed by atoms with Crippen molar-refractivity contribution in [2.24, 2.45) is 11.7 Å². The molecule has 1 aliphatic rings. The zero-order valence-electron chi connectivity index (χ0n) is 11.6. The molecule has 1 aliphatic carbocycles. The van der Waals surface area contributed by atoms with Crippen LogP contribution in [0.25, 0.3) is 0 Å². The predicted octanol–water partition coefficient (Wildman–Crippen LogP) is 3.51. The van der Waals surface area contributed by atoms with Gasteiger partial charge < -0.3 is 5.73 Å². The summed E-state index contributed by atoms with van der Waals surface area (Å²) in [5.41, 5.74) is 6.73. The van der Waals surface area contributed by atoms with Crippen molar-refractivity contribution in [3.63, 3.8) is 0 Å². The summed E-state index contributed by atoms with van der Waals surface area (Å²) in [6.45, 7) is 0.338. The average molecular weight is 356 g/mol. The van der Waals surface area contributed by atoms with E-state index in [4.69, 9.17) is 28.9 Å². The molecule has 3 nitrogen and oxygen atoms in total. The molecule has 0 unspecified atom stereocenters. The first-order valence-electron chi connectivity index (χ1n) is 6.90. The van der Waals surface area contributed by atoms with E-state index in [0.29, 0.717) is 16.6 Å². The molecule has 2 aromatic carbocycles. The monoisotopic (exact) mass is 355 g/mol. The van der Waals surface area contributed by atoms with Gasteiger partial charge in [-0.2, -0.15) is 0 Å². The fourth-order valence-corrected chi connectivity index (χ4v) is 5.43. The molecule has 0 amide bonds. The Hall–Kier alpha value is -1.07. The van der Waals surface area contributed by atoms with E-state index in [1.54, 1.807) is 36.4 Å². The molecule has 0 bridgehead atoms. The number of sulfone groups is 1. The Bertz CT molecular complexity index is 773. The van der Waals surface area contributed by atoms with E-state index >= 15 is 0 Å². The van der Waals surface area contributed by atoms with Crippen molar-refractivity contribution in [2.45, 2.75) is 16.1 Å².